The molecule has 1 aromatic carbocycles. The molecular formula is C11H14Cl2INO2. The fourth-order valence-electron chi connectivity index (χ4n) is 1.41. The van der Waals surface area contributed by atoms with E-state index in [0.717, 1.165) is 9.13 Å². The molecule has 1 aromatic rings. The highest BCUT2D eigenvalue weighted by molar-refractivity contribution is 14.1. The summed E-state index contributed by atoms with van der Waals surface area (Å²) in [5.74, 6) is -0.347. The maximum Gasteiger partial charge on any atom is 0.307 e. The minimum atomic E-state index is -0.814. The number of hydrogen-bond donors (Lipinski definition) is 1. The molecule has 0 aliphatic rings. The molecule has 17 heavy (non-hydrogen) atoms. The van der Waals surface area contributed by atoms with Crippen molar-refractivity contribution in [1.29, 1.82) is 0 Å². The molecule has 3 nitrogen and oxygen atoms in total. The second kappa shape index (κ2) is 6.78. The van der Waals surface area contributed by atoms with E-state index in [1.54, 1.807) is 6.92 Å². The maximum atomic E-state index is 11.2. The molecule has 2 N–H and O–H groups in total. The Balaban J connectivity index is 0.00000256. The topological polar surface area (TPSA) is 52.3 Å². The average Bonchev–Trinajstić information content (AvgIpc) is 2.21. The second-order valence-corrected chi connectivity index (χ2v) is 5.31. The van der Waals surface area contributed by atoms with Gasteiger partial charge < -0.3 is 10.5 Å². The lowest BCUT2D eigenvalue weighted by molar-refractivity contribution is -0.141. The molecule has 0 saturated carbocycles. The zero-order valence-electron chi connectivity index (χ0n) is 9.50. The quantitative estimate of drug-likeness (QED) is 0.638. The van der Waals surface area contributed by atoms with Crippen molar-refractivity contribution in [2.75, 3.05) is 7.11 Å². The SMILES string of the molecule is COC(=O)C[C@](C)(N)c1cccc(I)c1Cl.Cl. The van der Waals surface area contributed by atoms with E-state index in [1.165, 1.54) is 7.11 Å². The molecule has 0 aromatic heterocycles. The molecule has 0 saturated heterocycles. The molecule has 0 bridgehead atoms. The van der Waals surface area contributed by atoms with Crippen molar-refractivity contribution in [2.45, 2.75) is 18.9 Å². The number of carbonyl (C=O) groups excluding carboxylic acids is 1. The molecule has 0 fully saturated rings. The number of rotatable bonds is 3. The highest BCUT2D eigenvalue weighted by atomic mass is 127. The van der Waals surface area contributed by atoms with Crippen LogP contribution in [0.3, 0.4) is 0 Å². The molecule has 0 radical (unpaired) electrons. The van der Waals surface area contributed by atoms with Crippen LogP contribution >= 0.6 is 46.6 Å². The second-order valence-electron chi connectivity index (χ2n) is 3.77. The fourth-order valence-corrected chi connectivity index (χ4v) is 2.25. The van der Waals surface area contributed by atoms with Crippen LogP contribution in [0.5, 0.6) is 0 Å². The molecule has 6 heteroatoms. The maximum absolute atomic E-state index is 11.2. The van der Waals surface area contributed by atoms with Gasteiger partial charge in [0.2, 0.25) is 0 Å². The summed E-state index contributed by atoms with van der Waals surface area (Å²) < 4.78 is 5.53. The minimum Gasteiger partial charge on any atom is -0.469 e. The smallest absolute Gasteiger partial charge is 0.307 e. The van der Waals surface area contributed by atoms with Crippen molar-refractivity contribution in [3.05, 3.63) is 32.4 Å². The standard InChI is InChI=1S/C11H13ClINO2.ClH/c1-11(14,6-9(15)16-2)7-4-3-5-8(13)10(7)12;/h3-5H,6,14H2,1-2H3;1H/t11-;/m0./s1. The summed E-state index contributed by atoms with van der Waals surface area (Å²) in [4.78, 5) is 11.2. The predicted octanol–water partition coefficient (Wildman–Crippen LogP) is 3.10. The van der Waals surface area contributed by atoms with Crippen LogP contribution in [0.1, 0.15) is 18.9 Å². The molecule has 0 aliphatic carbocycles. The van der Waals surface area contributed by atoms with Gasteiger partial charge in [0.05, 0.1) is 24.1 Å². The van der Waals surface area contributed by atoms with Gasteiger partial charge in [-0.2, -0.15) is 0 Å². The van der Waals surface area contributed by atoms with E-state index in [4.69, 9.17) is 17.3 Å². The van der Waals surface area contributed by atoms with Gasteiger partial charge in [0.1, 0.15) is 0 Å². The number of halogens is 3. The summed E-state index contributed by atoms with van der Waals surface area (Å²) in [7, 11) is 1.34. The Kier molecular flexibility index (Phi) is 6.76. The van der Waals surface area contributed by atoms with Crippen molar-refractivity contribution < 1.29 is 9.53 Å². The van der Waals surface area contributed by atoms with Gasteiger partial charge in [-0.1, -0.05) is 23.7 Å². The molecule has 0 aliphatic heterocycles. The van der Waals surface area contributed by atoms with Crippen LogP contribution in [0.25, 0.3) is 0 Å². The Labute approximate surface area is 126 Å². The number of nitrogens with two attached hydrogens (primary N) is 1. The van der Waals surface area contributed by atoms with Crippen molar-refractivity contribution in [2.24, 2.45) is 5.73 Å². The van der Waals surface area contributed by atoms with Crippen LogP contribution in [0.2, 0.25) is 5.02 Å². The molecular weight excluding hydrogens is 376 g/mol. The van der Waals surface area contributed by atoms with E-state index in [1.807, 2.05) is 18.2 Å². The minimum absolute atomic E-state index is 0. The van der Waals surface area contributed by atoms with Gasteiger partial charge in [-0.15, -0.1) is 12.4 Å². The normalized spacial score (nSPS) is 13.5. The van der Waals surface area contributed by atoms with Crippen LogP contribution in [0.15, 0.2) is 18.2 Å². The van der Waals surface area contributed by atoms with E-state index < -0.39 is 5.54 Å². The highest BCUT2D eigenvalue weighted by Crippen LogP contribution is 2.31. The highest BCUT2D eigenvalue weighted by Gasteiger charge is 2.28. The lowest BCUT2D eigenvalue weighted by Gasteiger charge is -2.25. The largest absolute Gasteiger partial charge is 0.469 e. The van der Waals surface area contributed by atoms with Gasteiger partial charge in [0.25, 0.3) is 0 Å². The Morgan fingerprint density at radius 1 is 1.59 bits per heavy atom. The van der Waals surface area contributed by atoms with Crippen LogP contribution in [-0.4, -0.2) is 13.1 Å². The van der Waals surface area contributed by atoms with Crippen LogP contribution in [0, 0.1) is 3.57 Å². The zero-order valence-corrected chi connectivity index (χ0v) is 13.2. The Bertz CT molecular complexity index is 410. The van der Waals surface area contributed by atoms with E-state index >= 15 is 0 Å². The van der Waals surface area contributed by atoms with Crippen LogP contribution in [0.4, 0.5) is 0 Å². The van der Waals surface area contributed by atoms with Gasteiger partial charge in [-0.3, -0.25) is 4.79 Å². The summed E-state index contributed by atoms with van der Waals surface area (Å²) in [6.45, 7) is 1.77. The van der Waals surface area contributed by atoms with Crippen molar-refractivity contribution in [1.82, 2.24) is 0 Å². The van der Waals surface area contributed by atoms with Crippen molar-refractivity contribution >= 4 is 52.6 Å². The first-order valence-electron chi connectivity index (χ1n) is 4.68. The molecule has 0 spiro atoms. The zero-order chi connectivity index (χ0) is 12.3. The number of carbonyl (C=O) groups is 1. The van der Waals surface area contributed by atoms with Gasteiger partial charge in [0.15, 0.2) is 0 Å². The number of hydrogen-bond acceptors (Lipinski definition) is 3. The number of ether oxygens (including phenoxy) is 1. The Hall–Kier alpha value is -0.0400. The predicted molar refractivity (Wildman–Crippen MR) is 79.6 cm³/mol. The van der Waals surface area contributed by atoms with Crippen molar-refractivity contribution in [3.63, 3.8) is 0 Å². The van der Waals surface area contributed by atoms with E-state index in [2.05, 4.69) is 27.3 Å². The summed E-state index contributed by atoms with van der Waals surface area (Å²) in [5, 5.41) is 0.594. The van der Waals surface area contributed by atoms with E-state index in [9.17, 15) is 4.79 Å². The fraction of sp³-hybridized carbons (Fsp3) is 0.364. The molecule has 0 unspecified atom stereocenters. The lowest BCUT2D eigenvalue weighted by atomic mass is 9.90. The Morgan fingerprint density at radius 2 is 2.18 bits per heavy atom. The molecule has 1 atom stereocenters. The third-order valence-corrected chi connectivity index (χ3v) is 3.93. The number of methoxy groups -OCH3 is 1. The molecule has 0 heterocycles. The first kappa shape index (κ1) is 17.0. The first-order valence-corrected chi connectivity index (χ1v) is 6.14. The third kappa shape index (κ3) is 4.28. The van der Waals surface area contributed by atoms with Crippen LogP contribution in [-0.2, 0) is 15.1 Å². The number of benzene rings is 1. The molecule has 96 valence electrons. The van der Waals surface area contributed by atoms with Gasteiger partial charge in [-0.25, -0.2) is 0 Å². The van der Waals surface area contributed by atoms with Gasteiger partial charge >= 0.3 is 5.97 Å². The number of esters is 1. The first-order chi connectivity index (χ1) is 7.38. The summed E-state index contributed by atoms with van der Waals surface area (Å²) in [6, 6.07) is 5.58. The summed E-state index contributed by atoms with van der Waals surface area (Å²) in [5.41, 5.74) is 6.04. The molecule has 0 amide bonds. The lowest BCUT2D eigenvalue weighted by Crippen LogP contribution is -2.36. The van der Waals surface area contributed by atoms with Gasteiger partial charge in [-0.05, 0) is 41.1 Å². The summed E-state index contributed by atoms with van der Waals surface area (Å²) >= 11 is 8.29. The Morgan fingerprint density at radius 3 is 2.71 bits per heavy atom. The monoisotopic (exact) mass is 389 g/mol. The van der Waals surface area contributed by atoms with E-state index in [-0.39, 0.29) is 24.8 Å². The molecule has 1 rings (SSSR count). The van der Waals surface area contributed by atoms with E-state index in [0.29, 0.717) is 5.02 Å². The average molecular weight is 390 g/mol. The third-order valence-electron chi connectivity index (χ3n) is 2.31. The van der Waals surface area contributed by atoms with Gasteiger partial charge in [0, 0.05) is 3.57 Å². The van der Waals surface area contributed by atoms with Crippen molar-refractivity contribution in [3.8, 4) is 0 Å². The summed E-state index contributed by atoms with van der Waals surface area (Å²) in [6.07, 6.45) is 0.101. The van der Waals surface area contributed by atoms with Crippen LogP contribution < -0.4 is 5.73 Å².